The molecule has 1 heterocycles. The maximum Gasteiger partial charge on any atom is 0.0547 e. The first-order valence-corrected chi connectivity index (χ1v) is 7.56. The molecule has 2 rings (SSSR count). The number of nitrogens with zero attached hydrogens (tertiary/aromatic N) is 2. The van der Waals surface area contributed by atoms with Crippen LogP contribution in [0.1, 0.15) is 37.1 Å². The highest BCUT2D eigenvalue weighted by Gasteiger charge is 2.13. The van der Waals surface area contributed by atoms with Crippen molar-refractivity contribution < 1.29 is 0 Å². The second-order valence-corrected chi connectivity index (χ2v) is 5.86. The van der Waals surface area contributed by atoms with Gasteiger partial charge in [0.25, 0.3) is 0 Å². The lowest BCUT2D eigenvalue weighted by molar-refractivity contribution is 0.316. The molecule has 0 amide bonds. The third kappa shape index (κ3) is 5.29. The SMILES string of the molecule is Cc1cccc(CN(C)CCNCC2CCCC2)n1. The summed E-state index contributed by atoms with van der Waals surface area (Å²) in [5.74, 6) is 0.934. The second kappa shape index (κ2) is 7.61. The second-order valence-electron chi connectivity index (χ2n) is 5.86. The number of hydrogen-bond acceptors (Lipinski definition) is 3. The molecule has 1 saturated carbocycles. The molecule has 1 aromatic heterocycles. The fraction of sp³-hybridized carbons (Fsp3) is 0.688. The van der Waals surface area contributed by atoms with E-state index in [0.717, 1.165) is 31.2 Å². The first-order chi connectivity index (χ1) is 9.24. The summed E-state index contributed by atoms with van der Waals surface area (Å²) in [7, 11) is 2.17. The Morgan fingerprint density at radius 1 is 1.32 bits per heavy atom. The molecule has 0 aromatic carbocycles. The van der Waals surface area contributed by atoms with Crippen LogP contribution < -0.4 is 5.32 Å². The monoisotopic (exact) mass is 261 g/mol. The van der Waals surface area contributed by atoms with Gasteiger partial charge in [-0.2, -0.15) is 0 Å². The fourth-order valence-electron chi connectivity index (χ4n) is 2.83. The smallest absolute Gasteiger partial charge is 0.0547 e. The molecule has 0 bridgehead atoms. The molecule has 106 valence electrons. The van der Waals surface area contributed by atoms with Gasteiger partial charge in [-0.3, -0.25) is 9.88 Å². The Bertz CT molecular complexity index is 372. The van der Waals surface area contributed by atoms with Crippen molar-refractivity contribution in [2.45, 2.75) is 39.2 Å². The van der Waals surface area contributed by atoms with Gasteiger partial charge in [-0.15, -0.1) is 0 Å². The molecule has 0 saturated heterocycles. The van der Waals surface area contributed by atoms with Crippen molar-refractivity contribution >= 4 is 0 Å². The Labute approximate surface area is 117 Å². The van der Waals surface area contributed by atoms with E-state index in [-0.39, 0.29) is 0 Å². The molecule has 1 aliphatic rings. The van der Waals surface area contributed by atoms with Crippen molar-refractivity contribution in [3.8, 4) is 0 Å². The van der Waals surface area contributed by atoms with Gasteiger partial charge < -0.3 is 5.32 Å². The van der Waals surface area contributed by atoms with E-state index in [9.17, 15) is 0 Å². The molecule has 0 atom stereocenters. The van der Waals surface area contributed by atoms with E-state index in [0.29, 0.717) is 0 Å². The van der Waals surface area contributed by atoms with E-state index in [2.05, 4.69) is 34.4 Å². The summed E-state index contributed by atoms with van der Waals surface area (Å²) >= 11 is 0. The van der Waals surface area contributed by atoms with Crippen LogP contribution in [0.5, 0.6) is 0 Å². The number of rotatable bonds is 7. The minimum atomic E-state index is 0.934. The highest BCUT2D eigenvalue weighted by molar-refractivity contribution is 5.09. The minimum absolute atomic E-state index is 0.934. The molecule has 1 aliphatic carbocycles. The molecule has 0 unspecified atom stereocenters. The Morgan fingerprint density at radius 2 is 2.11 bits per heavy atom. The number of aryl methyl sites for hydroxylation is 1. The van der Waals surface area contributed by atoms with E-state index in [4.69, 9.17) is 0 Å². The molecule has 1 fully saturated rings. The molecular formula is C16H27N3. The zero-order chi connectivity index (χ0) is 13.5. The van der Waals surface area contributed by atoms with Crippen molar-refractivity contribution in [3.63, 3.8) is 0 Å². The van der Waals surface area contributed by atoms with E-state index >= 15 is 0 Å². The van der Waals surface area contributed by atoms with Crippen LogP contribution in [0.15, 0.2) is 18.2 Å². The summed E-state index contributed by atoms with van der Waals surface area (Å²) in [6.07, 6.45) is 5.72. The predicted molar refractivity (Wildman–Crippen MR) is 80.1 cm³/mol. The number of likely N-dealkylation sites (N-methyl/N-ethyl adjacent to an activating group) is 1. The van der Waals surface area contributed by atoms with Gasteiger partial charge in [-0.25, -0.2) is 0 Å². The summed E-state index contributed by atoms with van der Waals surface area (Å²) < 4.78 is 0. The third-order valence-electron chi connectivity index (χ3n) is 3.96. The largest absolute Gasteiger partial charge is 0.315 e. The lowest BCUT2D eigenvalue weighted by Crippen LogP contribution is -2.31. The van der Waals surface area contributed by atoms with Crippen molar-refractivity contribution in [2.75, 3.05) is 26.7 Å². The maximum atomic E-state index is 4.54. The van der Waals surface area contributed by atoms with Crippen LogP contribution in [-0.2, 0) is 6.54 Å². The van der Waals surface area contributed by atoms with Crippen LogP contribution in [0, 0.1) is 12.8 Å². The highest BCUT2D eigenvalue weighted by Crippen LogP contribution is 2.23. The van der Waals surface area contributed by atoms with Gasteiger partial charge >= 0.3 is 0 Å². The van der Waals surface area contributed by atoms with Gasteiger partial charge in [0.15, 0.2) is 0 Å². The Morgan fingerprint density at radius 3 is 2.84 bits per heavy atom. The summed E-state index contributed by atoms with van der Waals surface area (Å²) in [5.41, 5.74) is 2.27. The van der Waals surface area contributed by atoms with Crippen LogP contribution in [0.2, 0.25) is 0 Å². The normalized spacial score (nSPS) is 16.4. The quantitative estimate of drug-likeness (QED) is 0.765. The molecular weight excluding hydrogens is 234 g/mol. The average Bonchev–Trinajstić information content (AvgIpc) is 2.88. The number of aromatic nitrogens is 1. The molecule has 3 nitrogen and oxygen atoms in total. The van der Waals surface area contributed by atoms with Crippen molar-refractivity contribution in [1.29, 1.82) is 0 Å². The lowest BCUT2D eigenvalue weighted by Gasteiger charge is -2.17. The zero-order valence-corrected chi connectivity index (χ0v) is 12.4. The topological polar surface area (TPSA) is 28.2 Å². The fourth-order valence-corrected chi connectivity index (χ4v) is 2.83. The molecule has 0 radical (unpaired) electrons. The van der Waals surface area contributed by atoms with Crippen molar-refractivity contribution in [3.05, 3.63) is 29.6 Å². The Kier molecular flexibility index (Phi) is 5.80. The Hall–Kier alpha value is -0.930. The Balaban J connectivity index is 1.60. The molecule has 3 heteroatoms. The molecule has 19 heavy (non-hydrogen) atoms. The van der Waals surface area contributed by atoms with Gasteiger partial charge in [0.2, 0.25) is 0 Å². The van der Waals surface area contributed by atoms with Crippen molar-refractivity contribution in [2.24, 2.45) is 5.92 Å². The van der Waals surface area contributed by atoms with E-state index in [1.807, 2.05) is 13.0 Å². The van der Waals surface area contributed by atoms with E-state index in [1.165, 1.54) is 37.9 Å². The maximum absolute atomic E-state index is 4.54. The molecule has 0 spiro atoms. The van der Waals surface area contributed by atoms with Crippen LogP contribution in [0.3, 0.4) is 0 Å². The lowest BCUT2D eigenvalue weighted by atomic mass is 10.1. The van der Waals surface area contributed by atoms with Crippen LogP contribution >= 0.6 is 0 Å². The summed E-state index contributed by atoms with van der Waals surface area (Å²) in [4.78, 5) is 6.88. The number of nitrogens with one attached hydrogen (secondary N) is 1. The molecule has 1 aromatic rings. The summed E-state index contributed by atoms with van der Waals surface area (Å²) in [5, 5.41) is 3.59. The van der Waals surface area contributed by atoms with Gasteiger partial charge in [-0.1, -0.05) is 18.9 Å². The van der Waals surface area contributed by atoms with Gasteiger partial charge in [-0.05, 0) is 51.4 Å². The highest BCUT2D eigenvalue weighted by atomic mass is 15.1. The standard InChI is InChI=1S/C16H27N3/c1-14-6-5-9-16(18-14)13-19(2)11-10-17-12-15-7-3-4-8-15/h5-6,9,15,17H,3-4,7-8,10-13H2,1-2H3. The zero-order valence-electron chi connectivity index (χ0n) is 12.4. The first kappa shape index (κ1) is 14.5. The van der Waals surface area contributed by atoms with Crippen molar-refractivity contribution in [1.82, 2.24) is 15.2 Å². The first-order valence-electron chi connectivity index (χ1n) is 7.56. The van der Waals surface area contributed by atoms with Crippen LogP contribution in [0.4, 0.5) is 0 Å². The molecule has 1 N–H and O–H groups in total. The predicted octanol–water partition coefficient (Wildman–Crippen LogP) is 2.60. The van der Waals surface area contributed by atoms with E-state index < -0.39 is 0 Å². The van der Waals surface area contributed by atoms with Gasteiger partial charge in [0.05, 0.1) is 5.69 Å². The van der Waals surface area contributed by atoms with Gasteiger partial charge in [0, 0.05) is 25.3 Å². The van der Waals surface area contributed by atoms with Gasteiger partial charge in [0.1, 0.15) is 0 Å². The molecule has 0 aliphatic heterocycles. The van der Waals surface area contributed by atoms with Crippen LogP contribution in [0.25, 0.3) is 0 Å². The summed E-state index contributed by atoms with van der Waals surface area (Å²) in [6.45, 7) is 6.36. The van der Waals surface area contributed by atoms with E-state index in [1.54, 1.807) is 0 Å². The summed E-state index contributed by atoms with van der Waals surface area (Å²) in [6, 6.07) is 6.24. The average molecular weight is 261 g/mol. The number of pyridine rings is 1. The minimum Gasteiger partial charge on any atom is -0.315 e. The van der Waals surface area contributed by atoms with Crippen LogP contribution in [-0.4, -0.2) is 36.6 Å². The number of hydrogen-bond donors (Lipinski definition) is 1. The third-order valence-corrected chi connectivity index (χ3v) is 3.96.